The number of anilines is 1. The number of benzene rings is 1. The first-order chi connectivity index (χ1) is 12.9. The maximum absolute atomic E-state index is 12.2. The topological polar surface area (TPSA) is 123 Å². The molecule has 0 fully saturated rings. The van der Waals surface area contributed by atoms with Gasteiger partial charge in [-0.05, 0) is 25.5 Å². The fourth-order valence-electron chi connectivity index (χ4n) is 2.09. The maximum Gasteiger partial charge on any atom is 0.347 e. The third kappa shape index (κ3) is 5.84. The van der Waals surface area contributed by atoms with Crippen LogP contribution >= 0.6 is 0 Å². The molecule has 0 aromatic heterocycles. The smallest absolute Gasteiger partial charge is 0.347 e. The van der Waals surface area contributed by atoms with Crippen molar-refractivity contribution in [1.82, 2.24) is 10.6 Å². The summed E-state index contributed by atoms with van der Waals surface area (Å²) in [6, 6.07) is 8.02. The summed E-state index contributed by atoms with van der Waals surface area (Å²) in [5.41, 5.74) is 0.308. The highest BCUT2D eigenvalue weighted by molar-refractivity contribution is 6.20. The molecule has 144 valence electrons. The Morgan fingerprint density at radius 1 is 1.22 bits per heavy atom. The minimum Gasteiger partial charge on any atom is -0.470 e. The Morgan fingerprint density at radius 2 is 1.93 bits per heavy atom. The highest BCUT2D eigenvalue weighted by atomic mass is 16.5. The molecule has 1 aromatic rings. The maximum atomic E-state index is 12.2. The molecule has 0 saturated heterocycles. The molecule has 1 aliphatic rings. The molecule has 0 aliphatic carbocycles. The fourth-order valence-corrected chi connectivity index (χ4v) is 2.09. The van der Waals surface area contributed by atoms with Crippen LogP contribution in [-0.2, 0) is 23.9 Å². The summed E-state index contributed by atoms with van der Waals surface area (Å²) >= 11 is 0. The van der Waals surface area contributed by atoms with Crippen molar-refractivity contribution in [2.45, 2.75) is 26.3 Å². The second-order valence-corrected chi connectivity index (χ2v) is 5.81. The first-order valence-corrected chi connectivity index (χ1v) is 8.40. The third-order valence-electron chi connectivity index (χ3n) is 3.67. The number of ketones is 1. The van der Waals surface area contributed by atoms with Crippen molar-refractivity contribution in [3.05, 3.63) is 41.8 Å². The number of rotatable bonds is 7. The Morgan fingerprint density at radius 3 is 2.59 bits per heavy atom. The number of hydrogen-bond donors (Lipinski definition) is 3. The average Bonchev–Trinajstić information content (AvgIpc) is 3.00. The van der Waals surface area contributed by atoms with Gasteiger partial charge in [-0.15, -0.1) is 0 Å². The predicted molar refractivity (Wildman–Crippen MR) is 95.4 cm³/mol. The molecule has 1 atom stereocenters. The number of Topliss-reactive ketones (excluding diaryl/α,β-unsaturated/α-hetero) is 1. The van der Waals surface area contributed by atoms with E-state index in [2.05, 4.69) is 10.6 Å². The van der Waals surface area contributed by atoms with Crippen LogP contribution in [0.4, 0.5) is 10.5 Å². The Kier molecular flexibility index (Phi) is 6.93. The van der Waals surface area contributed by atoms with E-state index >= 15 is 0 Å². The molecule has 1 aliphatic heterocycles. The molecule has 0 bridgehead atoms. The summed E-state index contributed by atoms with van der Waals surface area (Å²) in [5, 5.41) is 7.40. The second kappa shape index (κ2) is 9.37. The summed E-state index contributed by atoms with van der Waals surface area (Å²) < 4.78 is 10.0. The van der Waals surface area contributed by atoms with E-state index in [1.54, 1.807) is 31.2 Å². The van der Waals surface area contributed by atoms with Crippen LogP contribution in [0.25, 0.3) is 0 Å². The van der Waals surface area contributed by atoms with Crippen molar-refractivity contribution in [2.24, 2.45) is 0 Å². The normalized spacial score (nSPS) is 14.2. The van der Waals surface area contributed by atoms with E-state index in [1.165, 1.54) is 0 Å². The van der Waals surface area contributed by atoms with Crippen molar-refractivity contribution < 1.29 is 28.7 Å². The van der Waals surface area contributed by atoms with E-state index in [4.69, 9.17) is 9.47 Å². The van der Waals surface area contributed by atoms with Gasteiger partial charge in [0.05, 0.1) is 0 Å². The molecule has 0 spiro atoms. The molecular weight excluding hydrogens is 354 g/mol. The predicted octanol–water partition coefficient (Wildman–Crippen LogP) is 1.08. The Balaban J connectivity index is 1.92. The fraction of sp³-hybridized carbons (Fsp3) is 0.333. The largest absolute Gasteiger partial charge is 0.470 e. The lowest BCUT2D eigenvalue weighted by Gasteiger charge is -2.12. The summed E-state index contributed by atoms with van der Waals surface area (Å²) in [6.45, 7) is 2.65. The molecule has 9 nitrogen and oxygen atoms in total. The van der Waals surface area contributed by atoms with Crippen LogP contribution in [0.2, 0.25) is 0 Å². The molecule has 3 amide bonds. The molecular formula is C18H21N3O6. The molecule has 0 saturated carbocycles. The van der Waals surface area contributed by atoms with Gasteiger partial charge in [-0.25, -0.2) is 9.59 Å². The second-order valence-electron chi connectivity index (χ2n) is 5.81. The van der Waals surface area contributed by atoms with Gasteiger partial charge in [0.15, 0.2) is 18.8 Å². The lowest BCUT2D eigenvalue weighted by atomic mass is 10.2. The van der Waals surface area contributed by atoms with Crippen LogP contribution in [0.5, 0.6) is 0 Å². The number of imide groups is 1. The number of hydrogen-bond acceptors (Lipinski definition) is 7. The van der Waals surface area contributed by atoms with Gasteiger partial charge in [-0.3, -0.25) is 14.9 Å². The third-order valence-corrected chi connectivity index (χ3v) is 3.67. The van der Waals surface area contributed by atoms with Crippen molar-refractivity contribution in [1.29, 1.82) is 0 Å². The minimum absolute atomic E-state index is 0.0360. The van der Waals surface area contributed by atoms with Crippen LogP contribution in [0, 0.1) is 0 Å². The monoisotopic (exact) mass is 375 g/mol. The van der Waals surface area contributed by atoms with E-state index in [0.29, 0.717) is 12.1 Å². The van der Waals surface area contributed by atoms with Crippen LogP contribution in [0.3, 0.4) is 0 Å². The van der Waals surface area contributed by atoms with Gasteiger partial charge in [-0.2, -0.15) is 0 Å². The van der Waals surface area contributed by atoms with Crippen molar-refractivity contribution in [3.8, 4) is 0 Å². The lowest BCUT2D eigenvalue weighted by Crippen LogP contribution is -2.44. The highest BCUT2D eigenvalue weighted by Crippen LogP contribution is 2.20. The minimum atomic E-state index is -1.01. The molecule has 3 N–H and O–H groups in total. The van der Waals surface area contributed by atoms with Crippen LogP contribution in [0.15, 0.2) is 41.8 Å². The van der Waals surface area contributed by atoms with E-state index in [-0.39, 0.29) is 24.1 Å². The zero-order valence-electron chi connectivity index (χ0n) is 15.0. The first-order valence-electron chi connectivity index (χ1n) is 8.40. The number of nitrogens with one attached hydrogen (secondary N) is 3. The lowest BCUT2D eigenvalue weighted by molar-refractivity contribution is -0.145. The van der Waals surface area contributed by atoms with E-state index in [0.717, 1.165) is 0 Å². The molecule has 1 aromatic carbocycles. The Labute approximate surface area is 156 Å². The van der Waals surface area contributed by atoms with E-state index < -0.39 is 30.3 Å². The van der Waals surface area contributed by atoms with Gasteiger partial charge in [0.25, 0.3) is 5.91 Å². The number of esters is 1. The zero-order valence-corrected chi connectivity index (χ0v) is 15.0. The molecule has 2 rings (SSSR count). The summed E-state index contributed by atoms with van der Waals surface area (Å²) in [6.07, 6.45) is 0.698. The van der Waals surface area contributed by atoms with Crippen molar-refractivity contribution >= 4 is 29.4 Å². The van der Waals surface area contributed by atoms with Crippen LogP contribution in [0.1, 0.15) is 20.3 Å². The number of urea groups is 1. The number of carbonyl (C=O) groups excluding carboxylic acids is 4. The highest BCUT2D eigenvalue weighted by Gasteiger charge is 2.33. The zero-order chi connectivity index (χ0) is 19.8. The van der Waals surface area contributed by atoms with E-state index in [1.807, 2.05) is 18.3 Å². The van der Waals surface area contributed by atoms with Crippen molar-refractivity contribution in [3.63, 3.8) is 0 Å². The molecule has 27 heavy (non-hydrogen) atoms. The van der Waals surface area contributed by atoms with Gasteiger partial charge in [0.2, 0.25) is 11.7 Å². The molecule has 0 radical (unpaired) electrons. The summed E-state index contributed by atoms with van der Waals surface area (Å²) in [4.78, 5) is 47.3. The van der Waals surface area contributed by atoms with Gasteiger partial charge in [0, 0.05) is 11.7 Å². The summed E-state index contributed by atoms with van der Waals surface area (Å²) in [7, 11) is 0. The number of carbonyl (C=O) groups is 4. The number of amides is 3. The summed E-state index contributed by atoms with van der Waals surface area (Å²) in [5.74, 6) is -2.42. The van der Waals surface area contributed by atoms with Gasteiger partial charge in [-0.1, -0.05) is 25.1 Å². The van der Waals surface area contributed by atoms with Gasteiger partial charge >= 0.3 is 12.0 Å². The Bertz CT molecular complexity index is 760. The average molecular weight is 375 g/mol. The number of para-hydroxylation sites is 1. The molecule has 9 heteroatoms. The first kappa shape index (κ1) is 20.0. The standard InChI is InChI=1S/C18H21N3O6/c1-3-11(2)19-18(25)21-14(23)10-27-17(24)15-13(22)9-26-16(15)20-12-7-5-4-6-8-12/h4-8,11,20H,3,9-10H2,1-2H3,(H2,19,21,23,25)/t11-/m0/s1. The quantitative estimate of drug-likeness (QED) is 0.481. The van der Waals surface area contributed by atoms with Crippen LogP contribution < -0.4 is 16.0 Å². The van der Waals surface area contributed by atoms with Crippen molar-refractivity contribution in [2.75, 3.05) is 18.5 Å². The van der Waals surface area contributed by atoms with Crippen LogP contribution in [-0.4, -0.2) is 42.9 Å². The number of ether oxygens (including phenoxy) is 2. The Hall–Kier alpha value is -3.36. The molecule has 1 heterocycles. The van der Waals surface area contributed by atoms with E-state index in [9.17, 15) is 19.2 Å². The SMILES string of the molecule is CC[C@H](C)NC(=O)NC(=O)COC(=O)C1=C(Nc2ccccc2)OCC1=O. The molecule has 0 unspecified atom stereocenters. The van der Waals surface area contributed by atoms with Gasteiger partial charge in [0.1, 0.15) is 0 Å². The van der Waals surface area contributed by atoms with Gasteiger partial charge < -0.3 is 20.1 Å².